The van der Waals surface area contributed by atoms with Crippen LogP contribution in [0.2, 0.25) is 0 Å². The summed E-state index contributed by atoms with van der Waals surface area (Å²) in [6, 6.07) is 1.37. The summed E-state index contributed by atoms with van der Waals surface area (Å²) in [7, 11) is 2.15. The minimum Gasteiger partial charge on any atom is -0.315 e. The van der Waals surface area contributed by atoms with Gasteiger partial charge in [0.05, 0.1) is 0 Å². The molecule has 2 nitrogen and oxygen atoms in total. The Bertz CT molecular complexity index is 280. The van der Waals surface area contributed by atoms with Crippen LogP contribution in [0.15, 0.2) is 0 Å². The van der Waals surface area contributed by atoms with Gasteiger partial charge in [0.15, 0.2) is 0 Å². The molecule has 0 aromatic carbocycles. The fraction of sp³-hybridized carbons (Fsp3) is 1.00. The van der Waals surface area contributed by atoms with Gasteiger partial charge in [0.25, 0.3) is 0 Å². The highest BCUT2D eigenvalue weighted by Gasteiger charge is 2.38. The van der Waals surface area contributed by atoms with E-state index in [1.165, 1.54) is 32.4 Å². The molecule has 0 aromatic heterocycles. The molecule has 21 heavy (non-hydrogen) atoms. The number of nitrogens with zero attached hydrogens (tertiary/aromatic N) is 1. The highest BCUT2D eigenvalue weighted by molar-refractivity contribution is 4.94. The van der Waals surface area contributed by atoms with E-state index in [4.69, 9.17) is 0 Å². The number of likely N-dealkylation sites (N-methyl/N-ethyl adjacent to an activating group) is 1. The van der Waals surface area contributed by atoms with Crippen molar-refractivity contribution in [3.63, 3.8) is 0 Å². The van der Waals surface area contributed by atoms with Crippen LogP contribution in [-0.2, 0) is 0 Å². The Labute approximate surface area is 134 Å². The zero-order chi connectivity index (χ0) is 16.2. The quantitative estimate of drug-likeness (QED) is 0.781. The van der Waals surface area contributed by atoms with Crippen molar-refractivity contribution in [1.82, 2.24) is 10.2 Å². The number of nitrogens with one attached hydrogen (secondary N) is 1. The summed E-state index contributed by atoms with van der Waals surface area (Å²) in [5, 5.41) is 3.61. The number of hydrogen-bond donors (Lipinski definition) is 1. The highest BCUT2D eigenvalue weighted by Crippen LogP contribution is 2.39. The first kappa shape index (κ1) is 19.0. The average molecular weight is 297 g/mol. The standard InChI is InChI=1S/C19H40N2/c1-14(2)12-21(13-15(3)4)18-11-16(19(5,6)7)9-10-17(18)20-8/h14-18,20H,9-13H2,1-8H3. The van der Waals surface area contributed by atoms with Crippen molar-refractivity contribution in [2.45, 2.75) is 79.8 Å². The Kier molecular flexibility index (Phi) is 7.19. The summed E-state index contributed by atoms with van der Waals surface area (Å²) in [4.78, 5) is 2.79. The first-order valence-corrected chi connectivity index (χ1v) is 9.06. The Morgan fingerprint density at radius 2 is 1.52 bits per heavy atom. The monoisotopic (exact) mass is 296 g/mol. The third-order valence-corrected chi connectivity index (χ3v) is 5.08. The summed E-state index contributed by atoms with van der Waals surface area (Å²) < 4.78 is 0. The topological polar surface area (TPSA) is 15.3 Å². The summed E-state index contributed by atoms with van der Waals surface area (Å²) in [6.07, 6.45) is 4.06. The van der Waals surface area contributed by atoms with Crippen LogP contribution in [0, 0.1) is 23.2 Å². The van der Waals surface area contributed by atoms with Gasteiger partial charge in [0.2, 0.25) is 0 Å². The first-order valence-electron chi connectivity index (χ1n) is 9.06. The second-order valence-electron chi connectivity index (χ2n) is 9.08. The Hall–Kier alpha value is -0.0800. The molecular weight excluding hydrogens is 256 g/mol. The zero-order valence-electron chi connectivity index (χ0n) is 15.9. The SMILES string of the molecule is CNC1CCC(C(C)(C)C)CC1N(CC(C)C)CC(C)C. The van der Waals surface area contributed by atoms with Crippen LogP contribution in [-0.4, -0.2) is 37.1 Å². The van der Waals surface area contributed by atoms with Crippen LogP contribution >= 0.6 is 0 Å². The zero-order valence-corrected chi connectivity index (χ0v) is 15.9. The molecule has 0 spiro atoms. The van der Waals surface area contributed by atoms with Gasteiger partial charge < -0.3 is 5.32 Å². The molecule has 1 N–H and O–H groups in total. The third-order valence-electron chi connectivity index (χ3n) is 5.08. The third kappa shape index (κ3) is 5.90. The predicted octanol–water partition coefficient (Wildman–Crippen LogP) is 4.40. The van der Waals surface area contributed by atoms with Gasteiger partial charge in [-0.25, -0.2) is 0 Å². The maximum atomic E-state index is 3.61. The van der Waals surface area contributed by atoms with E-state index >= 15 is 0 Å². The molecule has 0 heterocycles. The molecular formula is C19H40N2. The molecule has 126 valence electrons. The van der Waals surface area contributed by atoms with Gasteiger partial charge in [-0.1, -0.05) is 48.5 Å². The molecule has 0 amide bonds. The van der Waals surface area contributed by atoms with E-state index in [9.17, 15) is 0 Å². The second kappa shape index (κ2) is 7.97. The van der Waals surface area contributed by atoms with Crippen molar-refractivity contribution in [3.05, 3.63) is 0 Å². The van der Waals surface area contributed by atoms with Crippen molar-refractivity contribution in [3.8, 4) is 0 Å². The molecule has 0 bridgehead atoms. The molecule has 1 aliphatic rings. The summed E-state index contributed by atoms with van der Waals surface area (Å²) in [6.45, 7) is 19.1. The van der Waals surface area contributed by atoms with E-state index in [0.29, 0.717) is 17.5 Å². The predicted molar refractivity (Wildman–Crippen MR) is 94.7 cm³/mol. The van der Waals surface area contributed by atoms with Crippen LogP contribution < -0.4 is 5.32 Å². The van der Waals surface area contributed by atoms with Gasteiger partial charge >= 0.3 is 0 Å². The van der Waals surface area contributed by atoms with E-state index in [1.54, 1.807) is 0 Å². The molecule has 1 rings (SSSR count). The van der Waals surface area contributed by atoms with Gasteiger partial charge in [0.1, 0.15) is 0 Å². The lowest BCUT2D eigenvalue weighted by Gasteiger charge is -2.47. The first-order chi connectivity index (χ1) is 9.65. The molecule has 0 aromatic rings. The number of rotatable bonds is 6. The van der Waals surface area contributed by atoms with Crippen molar-refractivity contribution >= 4 is 0 Å². The average Bonchev–Trinajstić information content (AvgIpc) is 2.35. The van der Waals surface area contributed by atoms with Crippen molar-refractivity contribution in [1.29, 1.82) is 0 Å². The van der Waals surface area contributed by atoms with Gasteiger partial charge in [-0.2, -0.15) is 0 Å². The van der Waals surface area contributed by atoms with E-state index in [-0.39, 0.29) is 0 Å². The molecule has 0 aliphatic heterocycles. The molecule has 1 fully saturated rings. The minimum absolute atomic E-state index is 0.443. The lowest BCUT2D eigenvalue weighted by atomic mass is 9.69. The molecule has 3 atom stereocenters. The Morgan fingerprint density at radius 1 is 1.00 bits per heavy atom. The summed E-state index contributed by atoms with van der Waals surface area (Å²) in [5.41, 5.74) is 0.443. The van der Waals surface area contributed by atoms with Gasteiger partial charge in [0, 0.05) is 25.2 Å². The maximum absolute atomic E-state index is 3.61. The molecule has 2 heteroatoms. The lowest BCUT2D eigenvalue weighted by Crippen LogP contribution is -2.55. The fourth-order valence-electron chi connectivity index (χ4n) is 3.96. The van der Waals surface area contributed by atoms with Crippen molar-refractivity contribution in [2.24, 2.45) is 23.2 Å². The smallest absolute Gasteiger partial charge is 0.0252 e. The lowest BCUT2D eigenvalue weighted by molar-refractivity contribution is 0.0470. The van der Waals surface area contributed by atoms with Crippen molar-refractivity contribution < 1.29 is 0 Å². The molecule has 1 saturated carbocycles. The van der Waals surface area contributed by atoms with E-state index < -0.39 is 0 Å². The van der Waals surface area contributed by atoms with E-state index in [2.05, 4.69) is 65.7 Å². The second-order valence-corrected chi connectivity index (χ2v) is 9.08. The minimum atomic E-state index is 0.443. The summed E-state index contributed by atoms with van der Waals surface area (Å²) >= 11 is 0. The van der Waals surface area contributed by atoms with Crippen LogP contribution in [0.4, 0.5) is 0 Å². The molecule has 1 aliphatic carbocycles. The Balaban J connectivity index is 2.87. The normalized spacial score (nSPS) is 27.9. The van der Waals surface area contributed by atoms with E-state index in [1.807, 2.05) is 0 Å². The van der Waals surface area contributed by atoms with E-state index in [0.717, 1.165) is 17.8 Å². The summed E-state index contributed by atoms with van der Waals surface area (Å²) in [5.74, 6) is 2.35. The van der Waals surface area contributed by atoms with Gasteiger partial charge in [-0.05, 0) is 49.5 Å². The van der Waals surface area contributed by atoms with Crippen LogP contribution in [0.3, 0.4) is 0 Å². The maximum Gasteiger partial charge on any atom is 0.0252 e. The van der Waals surface area contributed by atoms with Gasteiger partial charge in [-0.3, -0.25) is 4.90 Å². The highest BCUT2D eigenvalue weighted by atomic mass is 15.2. The largest absolute Gasteiger partial charge is 0.315 e. The van der Waals surface area contributed by atoms with Crippen LogP contribution in [0.25, 0.3) is 0 Å². The Morgan fingerprint density at radius 3 is 1.90 bits per heavy atom. The van der Waals surface area contributed by atoms with Crippen molar-refractivity contribution in [2.75, 3.05) is 20.1 Å². The number of hydrogen-bond acceptors (Lipinski definition) is 2. The fourth-order valence-corrected chi connectivity index (χ4v) is 3.96. The molecule has 3 unspecified atom stereocenters. The van der Waals surface area contributed by atoms with Crippen LogP contribution in [0.1, 0.15) is 67.7 Å². The van der Waals surface area contributed by atoms with Gasteiger partial charge in [-0.15, -0.1) is 0 Å². The molecule has 0 saturated heterocycles. The molecule has 0 radical (unpaired) electrons. The van der Waals surface area contributed by atoms with Crippen LogP contribution in [0.5, 0.6) is 0 Å².